The highest BCUT2D eigenvalue weighted by molar-refractivity contribution is 8.00. The molecule has 0 aromatic rings. The summed E-state index contributed by atoms with van der Waals surface area (Å²) in [6.45, 7) is 1.53. The van der Waals surface area contributed by atoms with Crippen LogP contribution in [0, 0.1) is 0 Å². The summed E-state index contributed by atoms with van der Waals surface area (Å²) in [4.78, 5) is 24.6. The molecule has 5 nitrogen and oxygen atoms in total. The van der Waals surface area contributed by atoms with Gasteiger partial charge in [-0.3, -0.25) is 9.59 Å². The van der Waals surface area contributed by atoms with E-state index < -0.39 is 0 Å². The molecule has 0 radical (unpaired) electrons. The van der Waals surface area contributed by atoms with Gasteiger partial charge in [-0.1, -0.05) is 19.3 Å². The van der Waals surface area contributed by atoms with Crippen molar-refractivity contribution in [3.05, 3.63) is 0 Å². The molecule has 1 N–H and O–H groups in total. The average molecular weight is 300 g/mol. The highest BCUT2D eigenvalue weighted by Crippen LogP contribution is 2.20. The highest BCUT2D eigenvalue weighted by Gasteiger charge is 2.22. The number of hydrogen-bond donors (Lipinski definition) is 1. The zero-order valence-electron chi connectivity index (χ0n) is 11.9. The summed E-state index contributed by atoms with van der Waals surface area (Å²) >= 11 is 1.56. The number of ether oxygens (including phenoxy) is 1. The lowest BCUT2D eigenvalue weighted by atomic mass is 9.98. The van der Waals surface area contributed by atoms with Crippen molar-refractivity contribution < 1.29 is 14.3 Å². The van der Waals surface area contributed by atoms with E-state index in [4.69, 9.17) is 4.74 Å². The Labute approximate surface area is 124 Å². The number of hydrogen-bond acceptors (Lipinski definition) is 4. The molecule has 2 amide bonds. The predicted molar refractivity (Wildman–Crippen MR) is 79.5 cm³/mol. The van der Waals surface area contributed by atoms with E-state index in [2.05, 4.69) is 5.32 Å². The van der Waals surface area contributed by atoms with Crippen LogP contribution >= 0.6 is 11.8 Å². The van der Waals surface area contributed by atoms with Crippen LogP contribution in [0.4, 0.5) is 0 Å². The van der Waals surface area contributed by atoms with E-state index in [0.717, 1.165) is 6.42 Å². The van der Waals surface area contributed by atoms with Crippen LogP contribution in [-0.2, 0) is 14.3 Å². The first-order valence-electron chi connectivity index (χ1n) is 7.49. The molecule has 1 heterocycles. The first kappa shape index (κ1) is 15.6. The fourth-order valence-corrected chi connectivity index (χ4v) is 3.46. The van der Waals surface area contributed by atoms with Gasteiger partial charge in [0.25, 0.3) is 0 Å². The van der Waals surface area contributed by atoms with Crippen molar-refractivity contribution >= 4 is 23.6 Å². The Morgan fingerprint density at radius 1 is 1.35 bits per heavy atom. The van der Waals surface area contributed by atoms with Crippen molar-refractivity contribution in [3.63, 3.8) is 0 Å². The number of amides is 2. The first-order valence-corrected chi connectivity index (χ1v) is 8.65. The average Bonchev–Trinajstić information content (AvgIpc) is 2.85. The summed E-state index contributed by atoms with van der Waals surface area (Å²) in [6, 6.07) is 0. The Hall–Kier alpha value is -0.750. The minimum Gasteiger partial charge on any atom is -0.378 e. The predicted octanol–water partition coefficient (Wildman–Crippen LogP) is 1.37. The van der Waals surface area contributed by atoms with E-state index >= 15 is 0 Å². The molecule has 2 aliphatic rings. The fourth-order valence-electron chi connectivity index (χ4n) is 2.55. The number of nitrogens with zero attached hydrogens (tertiary/aromatic N) is 1. The third kappa shape index (κ3) is 5.32. The summed E-state index contributed by atoms with van der Waals surface area (Å²) in [6.07, 6.45) is 7.53. The summed E-state index contributed by atoms with van der Waals surface area (Å²) < 4.78 is 5.80. The molecule has 6 heteroatoms. The van der Waals surface area contributed by atoms with Crippen LogP contribution in [-0.4, -0.2) is 54.1 Å². The lowest BCUT2D eigenvalue weighted by molar-refractivity contribution is -0.132. The van der Waals surface area contributed by atoms with Crippen molar-refractivity contribution in [1.82, 2.24) is 10.2 Å². The van der Waals surface area contributed by atoms with E-state index in [1.54, 1.807) is 16.7 Å². The minimum atomic E-state index is -0.0708. The van der Waals surface area contributed by atoms with Crippen LogP contribution < -0.4 is 5.32 Å². The Morgan fingerprint density at radius 2 is 2.15 bits per heavy atom. The zero-order chi connectivity index (χ0) is 14.2. The van der Waals surface area contributed by atoms with Crippen LogP contribution in [0.25, 0.3) is 0 Å². The summed E-state index contributed by atoms with van der Waals surface area (Å²) in [7, 11) is 0. The maximum atomic E-state index is 11.7. The summed E-state index contributed by atoms with van der Waals surface area (Å²) in [5.74, 6) is 1.13. The third-order valence-electron chi connectivity index (χ3n) is 3.71. The molecule has 0 aromatic heterocycles. The van der Waals surface area contributed by atoms with Crippen LogP contribution in [0.5, 0.6) is 0 Å². The number of nitrogens with one attached hydrogen (secondary N) is 1. The maximum absolute atomic E-state index is 11.7. The minimum absolute atomic E-state index is 0.0609. The Bertz CT molecular complexity index is 332. The smallest absolute Gasteiger partial charge is 0.239 e. The third-order valence-corrected chi connectivity index (χ3v) is 4.65. The number of thioether (sulfide) groups is 1. The van der Waals surface area contributed by atoms with Crippen molar-refractivity contribution in [2.75, 3.05) is 31.3 Å². The van der Waals surface area contributed by atoms with E-state index in [0.29, 0.717) is 30.9 Å². The van der Waals surface area contributed by atoms with Crippen LogP contribution in [0.15, 0.2) is 0 Å². The molecule has 1 saturated heterocycles. The van der Waals surface area contributed by atoms with Gasteiger partial charge in [0.05, 0.1) is 17.7 Å². The van der Waals surface area contributed by atoms with Crippen LogP contribution in [0.3, 0.4) is 0 Å². The van der Waals surface area contributed by atoms with E-state index in [9.17, 15) is 9.59 Å². The topological polar surface area (TPSA) is 58.6 Å². The maximum Gasteiger partial charge on any atom is 0.239 e. The molecule has 0 unspecified atom stereocenters. The van der Waals surface area contributed by atoms with Crippen molar-refractivity contribution in [3.8, 4) is 0 Å². The van der Waals surface area contributed by atoms with E-state index in [1.165, 1.54) is 32.1 Å². The molecule has 0 aromatic carbocycles. The normalized spacial score (nSPS) is 20.4. The molecule has 0 bridgehead atoms. The van der Waals surface area contributed by atoms with Crippen LogP contribution in [0.1, 0.15) is 38.5 Å². The fraction of sp³-hybridized carbons (Fsp3) is 0.857. The Morgan fingerprint density at radius 3 is 2.85 bits per heavy atom. The first-order chi connectivity index (χ1) is 9.75. The molecule has 20 heavy (non-hydrogen) atoms. The van der Waals surface area contributed by atoms with Gasteiger partial charge in [-0.25, -0.2) is 0 Å². The van der Waals surface area contributed by atoms with Crippen LogP contribution in [0.2, 0.25) is 0 Å². The zero-order valence-corrected chi connectivity index (χ0v) is 12.8. The lowest BCUT2D eigenvalue weighted by Crippen LogP contribution is -2.38. The quantitative estimate of drug-likeness (QED) is 0.722. The summed E-state index contributed by atoms with van der Waals surface area (Å²) in [5.41, 5.74) is 0. The number of rotatable bonds is 7. The molecule has 1 aliphatic carbocycles. The van der Waals surface area contributed by atoms with Crippen molar-refractivity contribution in [1.29, 1.82) is 0 Å². The monoisotopic (exact) mass is 300 g/mol. The molecule has 2 rings (SSSR count). The standard InChI is InChI=1S/C14H24N2O3S/c17-13(9-16-11-20-10-14(16)18)15-7-4-8-19-12-5-2-1-3-6-12/h12H,1-11H2,(H,15,17). The van der Waals surface area contributed by atoms with Crippen molar-refractivity contribution in [2.24, 2.45) is 0 Å². The molecule has 0 atom stereocenters. The van der Waals surface area contributed by atoms with Gasteiger partial charge in [-0.2, -0.15) is 0 Å². The van der Waals surface area contributed by atoms with Gasteiger partial charge in [0.1, 0.15) is 6.54 Å². The molecule has 2 fully saturated rings. The second-order valence-electron chi connectivity index (χ2n) is 5.40. The Kier molecular flexibility index (Phi) is 6.66. The van der Waals surface area contributed by atoms with Gasteiger partial charge in [-0.15, -0.1) is 11.8 Å². The molecule has 114 valence electrons. The molecule has 1 saturated carbocycles. The van der Waals surface area contributed by atoms with E-state index in [1.807, 2.05) is 0 Å². The largest absolute Gasteiger partial charge is 0.378 e. The number of carbonyl (C=O) groups is 2. The second-order valence-corrected chi connectivity index (χ2v) is 6.36. The van der Waals surface area contributed by atoms with Gasteiger partial charge in [0, 0.05) is 13.2 Å². The van der Waals surface area contributed by atoms with E-state index in [-0.39, 0.29) is 18.4 Å². The molecule has 1 aliphatic heterocycles. The Balaban J connectivity index is 1.47. The highest BCUT2D eigenvalue weighted by atomic mass is 32.2. The number of carbonyl (C=O) groups excluding carboxylic acids is 2. The summed E-state index contributed by atoms with van der Waals surface area (Å²) in [5, 5.41) is 2.85. The molecular formula is C14H24N2O3S. The van der Waals surface area contributed by atoms with Gasteiger partial charge >= 0.3 is 0 Å². The SMILES string of the molecule is O=C(CN1CSCC1=O)NCCCOC1CCCCC1. The molecular weight excluding hydrogens is 276 g/mol. The second kappa shape index (κ2) is 8.52. The van der Waals surface area contributed by atoms with Gasteiger partial charge < -0.3 is 15.0 Å². The van der Waals surface area contributed by atoms with Crippen molar-refractivity contribution in [2.45, 2.75) is 44.6 Å². The lowest BCUT2D eigenvalue weighted by Gasteiger charge is -2.22. The molecule has 0 spiro atoms. The van der Waals surface area contributed by atoms with Gasteiger partial charge in [0.2, 0.25) is 11.8 Å². The van der Waals surface area contributed by atoms with Gasteiger partial charge in [0.15, 0.2) is 0 Å². The van der Waals surface area contributed by atoms with Gasteiger partial charge in [-0.05, 0) is 19.3 Å².